The molecule has 2 aromatic carbocycles. The fourth-order valence-corrected chi connectivity index (χ4v) is 3.26. The number of aryl methyl sites for hydroxylation is 2. The Morgan fingerprint density at radius 3 is 2.38 bits per heavy atom. The molecule has 0 fully saturated rings. The van der Waals surface area contributed by atoms with Crippen LogP contribution in [0.4, 0.5) is 0 Å². The van der Waals surface area contributed by atoms with Gasteiger partial charge in [-0.05, 0) is 44.0 Å². The first-order valence-electron chi connectivity index (χ1n) is 8.75. The summed E-state index contributed by atoms with van der Waals surface area (Å²) in [6, 6.07) is 19.3. The summed E-state index contributed by atoms with van der Waals surface area (Å²) in [4.78, 5) is 12.6. The maximum absolute atomic E-state index is 12.6. The van der Waals surface area contributed by atoms with Gasteiger partial charge in [-0.1, -0.05) is 48.5 Å². The van der Waals surface area contributed by atoms with Crippen LogP contribution in [0.5, 0.6) is 0 Å². The van der Waals surface area contributed by atoms with Crippen LogP contribution in [0, 0.1) is 20.8 Å². The van der Waals surface area contributed by atoms with E-state index in [4.69, 9.17) is 0 Å². The third-order valence-electron chi connectivity index (χ3n) is 4.67. The molecule has 0 bridgehead atoms. The number of carbonyl (C=O) groups is 1. The van der Waals surface area contributed by atoms with Crippen LogP contribution in [0.15, 0.2) is 60.7 Å². The summed E-state index contributed by atoms with van der Waals surface area (Å²) in [5.41, 5.74) is 5.55. The SMILES string of the molecule is Cc1ccccc1-n1c(C)cc(C(=O)NCC(O)c2ccccc2)c1C. The average Bonchev–Trinajstić information content (AvgIpc) is 2.95. The van der Waals surface area contributed by atoms with Crippen molar-refractivity contribution in [3.8, 4) is 5.69 Å². The largest absolute Gasteiger partial charge is 0.387 e. The second-order valence-corrected chi connectivity index (χ2v) is 6.54. The normalized spacial score (nSPS) is 12.0. The van der Waals surface area contributed by atoms with Crippen molar-refractivity contribution in [3.05, 3.63) is 88.7 Å². The highest BCUT2D eigenvalue weighted by Gasteiger charge is 2.18. The summed E-state index contributed by atoms with van der Waals surface area (Å²) >= 11 is 0. The maximum atomic E-state index is 12.6. The zero-order valence-corrected chi connectivity index (χ0v) is 15.4. The van der Waals surface area contributed by atoms with E-state index in [2.05, 4.69) is 28.9 Å². The van der Waals surface area contributed by atoms with Crippen LogP contribution < -0.4 is 5.32 Å². The van der Waals surface area contributed by atoms with Gasteiger partial charge in [-0.2, -0.15) is 0 Å². The second kappa shape index (κ2) is 7.58. The van der Waals surface area contributed by atoms with Gasteiger partial charge < -0.3 is 15.0 Å². The second-order valence-electron chi connectivity index (χ2n) is 6.54. The van der Waals surface area contributed by atoms with E-state index in [1.54, 1.807) is 0 Å². The zero-order valence-electron chi connectivity index (χ0n) is 15.4. The molecule has 0 saturated heterocycles. The van der Waals surface area contributed by atoms with Gasteiger partial charge in [0.1, 0.15) is 0 Å². The fourth-order valence-electron chi connectivity index (χ4n) is 3.26. The molecule has 26 heavy (non-hydrogen) atoms. The van der Waals surface area contributed by atoms with E-state index in [0.29, 0.717) is 5.56 Å². The molecule has 2 N–H and O–H groups in total. The van der Waals surface area contributed by atoms with Crippen molar-refractivity contribution in [2.75, 3.05) is 6.54 Å². The molecule has 1 aromatic heterocycles. The number of rotatable bonds is 5. The minimum absolute atomic E-state index is 0.173. The number of aromatic nitrogens is 1. The highest BCUT2D eigenvalue weighted by atomic mass is 16.3. The van der Waals surface area contributed by atoms with Crippen LogP contribution in [-0.2, 0) is 0 Å². The lowest BCUT2D eigenvalue weighted by atomic mass is 10.1. The first kappa shape index (κ1) is 18.0. The number of amides is 1. The molecule has 0 saturated carbocycles. The number of aliphatic hydroxyl groups excluding tert-OH is 1. The lowest BCUT2D eigenvalue weighted by molar-refractivity contribution is 0.0915. The van der Waals surface area contributed by atoms with E-state index in [9.17, 15) is 9.90 Å². The van der Waals surface area contributed by atoms with Gasteiger partial charge in [-0.3, -0.25) is 4.79 Å². The van der Waals surface area contributed by atoms with Gasteiger partial charge in [0.05, 0.1) is 11.7 Å². The predicted octanol–water partition coefficient (Wildman–Crippen LogP) is 3.87. The Morgan fingerprint density at radius 1 is 1.04 bits per heavy atom. The molecule has 0 spiro atoms. The number of hydrogen-bond acceptors (Lipinski definition) is 2. The molecular formula is C22H24N2O2. The highest BCUT2D eigenvalue weighted by molar-refractivity contribution is 5.96. The van der Waals surface area contributed by atoms with E-state index in [-0.39, 0.29) is 12.5 Å². The number of benzene rings is 2. The summed E-state index contributed by atoms with van der Waals surface area (Å²) in [6.07, 6.45) is -0.722. The molecule has 4 nitrogen and oxygen atoms in total. The molecule has 1 unspecified atom stereocenters. The number of nitrogens with zero attached hydrogens (tertiary/aromatic N) is 1. The number of nitrogens with one attached hydrogen (secondary N) is 1. The summed E-state index contributed by atoms with van der Waals surface area (Å²) in [5, 5.41) is 13.1. The van der Waals surface area contributed by atoms with Crippen molar-refractivity contribution in [2.45, 2.75) is 26.9 Å². The van der Waals surface area contributed by atoms with Crippen molar-refractivity contribution in [1.29, 1.82) is 0 Å². The quantitative estimate of drug-likeness (QED) is 0.735. The van der Waals surface area contributed by atoms with Crippen LogP contribution in [0.3, 0.4) is 0 Å². The maximum Gasteiger partial charge on any atom is 0.253 e. The van der Waals surface area contributed by atoms with Crippen molar-refractivity contribution in [1.82, 2.24) is 9.88 Å². The molecule has 1 heterocycles. The summed E-state index contributed by atoms with van der Waals surface area (Å²) in [7, 11) is 0. The fraction of sp³-hybridized carbons (Fsp3) is 0.227. The van der Waals surface area contributed by atoms with Crippen LogP contribution in [0.2, 0.25) is 0 Å². The Labute approximate surface area is 154 Å². The van der Waals surface area contributed by atoms with Gasteiger partial charge in [-0.15, -0.1) is 0 Å². The molecule has 0 aliphatic carbocycles. The Morgan fingerprint density at radius 2 is 1.69 bits per heavy atom. The van der Waals surface area contributed by atoms with E-state index < -0.39 is 6.10 Å². The van der Waals surface area contributed by atoms with Gasteiger partial charge in [0, 0.05) is 23.6 Å². The van der Waals surface area contributed by atoms with Crippen LogP contribution in [-0.4, -0.2) is 22.1 Å². The first-order chi connectivity index (χ1) is 12.5. The molecule has 3 aromatic rings. The third kappa shape index (κ3) is 3.55. The molecule has 3 rings (SSSR count). The molecule has 1 amide bonds. The van der Waals surface area contributed by atoms with E-state index in [1.807, 2.05) is 62.4 Å². The van der Waals surface area contributed by atoms with Crippen LogP contribution >= 0.6 is 0 Å². The Balaban J connectivity index is 1.79. The molecular weight excluding hydrogens is 324 g/mol. The average molecular weight is 348 g/mol. The molecule has 4 heteroatoms. The summed E-state index contributed by atoms with van der Waals surface area (Å²) in [6.45, 7) is 6.18. The van der Waals surface area contributed by atoms with Crippen molar-refractivity contribution < 1.29 is 9.90 Å². The number of hydrogen-bond donors (Lipinski definition) is 2. The van der Waals surface area contributed by atoms with Crippen molar-refractivity contribution in [2.24, 2.45) is 0 Å². The van der Waals surface area contributed by atoms with Gasteiger partial charge in [0.15, 0.2) is 0 Å². The third-order valence-corrected chi connectivity index (χ3v) is 4.67. The van der Waals surface area contributed by atoms with E-state index >= 15 is 0 Å². The molecule has 0 aliphatic heterocycles. The van der Waals surface area contributed by atoms with E-state index in [0.717, 1.165) is 28.2 Å². The Kier molecular flexibility index (Phi) is 5.24. The van der Waals surface area contributed by atoms with Crippen LogP contribution in [0.1, 0.15) is 39.0 Å². The first-order valence-corrected chi connectivity index (χ1v) is 8.75. The molecule has 1 atom stereocenters. The number of para-hydroxylation sites is 1. The molecule has 0 radical (unpaired) electrons. The summed E-state index contributed by atoms with van der Waals surface area (Å²) < 4.78 is 2.10. The van der Waals surface area contributed by atoms with Gasteiger partial charge in [0.25, 0.3) is 5.91 Å². The minimum Gasteiger partial charge on any atom is -0.387 e. The predicted molar refractivity (Wildman–Crippen MR) is 104 cm³/mol. The van der Waals surface area contributed by atoms with E-state index in [1.165, 1.54) is 0 Å². The monoisotopic (exact) mass is 348 g/mol. The van der Waals surface area contributed by atoms with Crippen molar-refractivity contribution >= 4 is 5.91 Å². The minimum atomic E-state index is -0.722. The molecule has 0 aliphatic rings. The Bertz CT molecular complexity index is 913. The Hall–Kier alpha value is -2.85. The highest BCUT2D eigenvalue weighted by Crippen LogP contribution is 2.23. The van der Waals surface area contributed by atoms with Crippen molar-refractivity contribution in [3.63, 3.8) is 0 Å². The van der Waals surface area contributed by atoms with Gasteiger partial charge >= 0.3 is 0 Å². The number of carbonyl (C=O) groups excluding carboxylic acids is 1. The lowest BCUT2D eigenvalue weighted by Crippen LogP contribution is -2.28. The molecule has 134 valence electrons. The van der Waals surface area contributed by atoms with Gasteiger partial charge in [0.2, 0.25) is 0 Å². The smallest absolute Gasteiger partial charge is 0.253 e. The topological polar surface area (TPSA) is 54.3 Å². The van der Waals surface area contributed by atoms with Gasteiger partial charge in [-0.25, -0.2) is 0 Å². The summed E-state index contributed by atoms with van der Waals surface area (Å²) in [5.74, 6) is -0.173. The zero-order chi connectivity index (χ0) is 18.7. The lowest BCUT2D eigenvalue weighted by Gasteiger charge is -2.14. The number of aliphatic hydroxyl groups is 1. The standard InChI is InChI=1S/C22H24N2O2/c1-15-9-7-8-12-20(15)24-16(2)13-19(17(24)3)22(26)23-14-21(25)18-10-5-4-6-11-18/h4-13,21,25H,14H2,1-3H3,(H,23,26). The van der Waals surface area contributed by atoms with Crippen LogP contribution in [0.25, 0.3) is 5.69 Å².